The van der Waals surface area contributed by atoms with Crippen molar-refractivity contribution in [2.75, 3.05) is 5.32 Å². The number of fused-ring (bicyclic) bond motifs is 2. The number of aliphatic imine (C=N–C) groups is 1. The summed E-state index contributed by atoms with van der Waals surface area (Å²) >= 11 is 0. The summed E-state index contributed by atoms with van der Waals surface area (Å²) < 4.78 is 5.77. The van der Waals surface area contributed by atoms with Gasteiger partial charge in [0.05, 0.1) is 32.9 Å². The summed E-state index contributed by atoms with van der Waals surface area (Å²) in [5.74, 6) is -0.411. The fourth-order valence-electron chi connectivity index (χ4n) is 2.94. The summed E-state index contributed by atoms with van der Waals surface area (Å²) in [6.07, 6.45) is 1.04. The quantitative estimate of drug-likeness (QED) is 0.361. The molecule has 1 heterocycles. The van der Waals surface area contributed by atoms with Crippen molar-refractivity contribution in [1.82, 2.24) is 0 Å². The number of amides is 1. The highest BCUT2D eigenvalue weighted by Crippen LogP contribution is 2.37. The summed E-state index contributed by atoms with van der Waals surface area (Å²) in [7, 11) is 0. The van der Waals surface area contributed by atoms with Gasteiger partial charge >= 0.3 is 5.69 Å². The molecule has 0 aromatic heterocycles. The number of hydrogen-bond donors (Lipinski definition) is 2. The van der Waals surface area contributed by atoms with E-state index in [-0.39, 0.29) is 16.8 Å². The van der Waals surface area contributed by atoms with Crippen LogP contribution >= 0.6 is 0 Å². The normalized spacial score (nSPS) is 12.3. The van der Waals surface area contributed by atoms with E-state index < -0.39 is 32.9 Å². The lowest BCUT2D eigenvalue weighted by molar-refractivity contribution is -0.394. The third kappa shape index (κ3) is 3.74. The summed E-state index contributed by atoms with van der Waals surface area (Å²) in [5, 5.41) is 34.9. The molecular formula is C20H12N4O7. The number of ether oxygens (including phenoxy) is 1. The van der Waals surface area contributed by atoms with Crippen molar-refractivity contribution >= 4 is 34.9 Å². The van der Waals surface area contributed by atoms with E-state index in [1.807, 2.05) is 0 Å². The zero-order valence-electron chi connectivity index (χ0n) is 15.5. The number of benzene rings is 3. The van der Waals surface area contributed by atoms with Crippen molar-refractivity contribution in [2.24, 2.45) is 4.99 Å². The fourth-order valence-corrected chi connectivity index (χ4v) is 2.94. The second-order valence-corrected chi connectivity index (χ2v) is 6.41. The van der Waals surface area contributed by atoms with Gasteiger partial charge in [0, 0.05) is 17.8 Å². The molecule has 11 nitrogen and oxygen atoms in total. The van der Waals surface area contributed by atoms with Gasteiger partial charge in [-0.2, -0.15) is 0 Å². The number of phenolic OH excluding ortho intramolecular Hbond substituents is 1. The van der Waals surface area contributed by atoms with E-state index in [0.29, 0.717) is 23.3 Å². The van der Waals surface area contributed by atoms with E-state index in [1.165, 1.54) is 18.2 Å². The molecule has 0 aliphatic carbocycles. The number of nitrogens with one attached hydrogen (secondary N) is 1. The molecule has 3 aromatic rings. The average Bonchev–Trinajstić information content (AvgIpc) is 2.88. The first-order chi connectivity index (χ1) is 14.8. The number of carbonyl (C=O) groups is 1. The maximum atomic E-state index is 12.6. The number of carbonyl (C=O) groups excluding carboxylic acids is 1. The average molecular weight is 420 g/mol. The van der Waals surface area contributed by atoms with E-state index in [0.717, 1.165) is 12.3 Å². The molecule has 154 valence electrons. The van der Waals surface area contributed by atoms with Crippen LogP contribution in [0.25, 0.3) is 0 Å². The Balaban J connectivity index is 1.70. The molecule has 0 unspecified atom stereocenters. The van der Waals surface area contributed by atoms with E-state index in [1.54, 1.807) is 24.3 Å². The van der Waals surface area contributed by atoms with Crippen LogP contribution in [0.15, 0.2) is 59.6 Å². The van der Waals surface area contributed by atoms with Crippen molar-refractivity contribution in [1.29, 1.82) is 0 Å². The van der Waals surface area contributed by atoms with Gasteiger partial charge in [0.25, 0.3) is 11.6 Å². The Morgan fingerprint density at radius 2 is 1.77 bits per heavy atom. The molecule has 0 saturated carbocycles. The van der Waals surface area contributed by atoms with Crippen LogP contribution in [0.4, 0.5) is 22.7 Å². The van der Waals surface area contributed by atoms with Crippen molar-refractivity contribution < 1.29 is 24.5 Å². The molecule has 0 radical (unpaired) electrons. The predicted octanol–water partition coefficient (Wildman–Crippen LogP) is 4.32. The fraction of sp³-hybridized carbons (Fsp3) is 0. The molecule has 2 N–H and O–H groups in total. The number of aromatic hydroxyl groups is 1. The number of para-hydroxylation sites is 2. The number of anilines is 1. The number of hydrogen-bond acceptors (Lipinski definition) is 8. The van der Waals surface area contributed by atoms with E-state index in [2.05, 4.69) is 10.3 Å². The summed E-state index contributed by atoms with van der Waals surface area (Å²) in [6.45, 7) is 0. The van der Waals surface area contributed by atoms with Crippen molar-refractivity contribution in [2.45, 2.75) is 0 Å². The minimum Gasteiger partial charge on any atom is -0.502 e. The SMILES string of the molecule is O=C1Nc2ccccc2Oc2ccc(N=Cc3cc([N+](=O)[O-])cc([N+](=O)[O-])c3O)cc21. The van der Waals surface area contributed by atoms with Crippen LogP contribution in [0.3, 0.4) is 0 Å². The molecule has 0 fully saturated rings. The van der Waals surface area contributed by atoms with Gasteiger partial charge in [-0.1, -0.05) is 12.1 Å². The summed E-state index contributed by atoms with van der Waals surface area (Å²) in [6, 6.07) is 13.0. The van der Waals surface area contributed by atoms with Gasteiger partial charge in [-0.25, -0.2) is 0 Å². The molecule has 1 aliphatic heterocycles. The topological polar surface area (TPSA) is 157 Å². The Hall–Kier alpha value is -4.80. The summed E-state index contributed by atoms with van der Waals surface area (Å²) in [5.41, 5.74) is -0.648. The second-order valence-electron chi connectivity index (χ2n) is 6.41. The highest BCUT2D eigenvalue weighted by molar-refractivity contribution is 6.08. The van der Waals surface area contributed by atoms with Crippen LogP contribution in [-0.2, 0) is 0 Å². The molecule has 3 aromatic carbocycles. The Bertz CT molecular complexity index is 1290. The maximum absolute atomic E-state index is 12.6. The zero-order chi connectivity index (χ0) is 22.1. The van der Waals surface area contributed by atoms with Gasteiger partial charge in [0.2, 0.25) is 5.75 Å². The molecular weight excluding hydrogens is 408 g/mol. The van der Waals surface area contributed by atoms with Gasteiger partial charge in [0.15, 0.2) is 5.75 Å². The number of nitro groups is 2. The third-order valence-electron chi connectivity index (χ3n) is 4.43. The lowest BCUT2D eigenvalue weighted by Gasteiger charge is -2.07. The van der Waals surface area contributed by atoms with Crippen LogP contribution in [-0.4, -0.2) is 27.1 Å². The third-order valence-corrected chi connectivity index (χ3v) is 4.43. The van der Waals surface area contributed by atoms with E-state index >= 15 is 0 Å². The van der Waals surface area contributed by atoms with Gasteiger partial charge in [0.1, 0.15) is 5.75 Å². The molecule has 1 aliphatic rings. The van der Waals surface area contributed by atoms with Crippen molar-refractivity contribution in [3.63, 3.8) is 0 Å². The number of phenols is 1. The van der Waals surface area contributed by atoms with Crippen LogP contribution in [0.5, 0.6) is 17.2 Å². The first-order valence-electron chi connectivity index (χ1n) is 8.75. The number of rotatable bonds is 4. The first-order valence-corrected chi connectivity index (χ1v) is 8.75. The monoisotopic (exact) mass is 420 g/mol. The minimum atomic E-state index is -0.929. The van der Waals surface area contributed by atoms with Crippen LogP contribution in [0.2, 0.25) is 0 Å². The molecule has 0 atom stereocenters. The van der Waals surface area contributed by atoms with Gasteiger partial charge in [-0.15, -0.1) is 0 Å². The Kier molecular flexibility index (Phi) is 4.76. The Morgan fingerprint density at radius 3 is 2.52 bits per heavy atom. The summed E-state index contributed by atoms with van der Waals surface area (Å²) in [4.78, 5) is 37.0. The molecule has 4 rings (SSSR count). The molecule has 31 heavy (non-hydrogen) atoms. The molecule has 0 spiro atoms. The molecule has 11 heteroatoms. The zero-order valence-corrected chi connectivity index (χ0v) is 15.5. The number of nitro benzene ring substituents is 2. The molecule has 0 saturated heterocycles. The van der Waals surface area contributed by atoms with Crippen LogP contribution in [0.1, 0.15) is 15.9 Å². The predicted molar refractivity (Wildman–Crippen MR) is 110 cm³/mol. The largest absolute Gasteiger partial charge is 0.502 e. The second kappa shape index (κ2) is 7.55. The smallest absolute Gasteiger partial charge is 0.318 e. The Labute approximate surface area is 173 Å². The first kappa shape index (κ1) is 19.5. The number of non-ortho nitro benzene ring substituents is 1. The maximum Gasteiger partial charge on any atom is 0.318 e. The van der Waals surface area contributed by atoms with Crippen molar-refractivity contribution in [3.05, 3.63) is 86.0 Å². The Morgan fingerprint density at radius 1 is 1.00 bits per heavy atom. The standard InChI is InChI=1S/C20H12N4O7/c25-19-11(7-13(23(27)28)9-16(19)24(29)30)10-21-12-5-6-17-14(8-12)20(26)22-15-3-1-2-4-18(15)31-17/h1-10,25H,(H,22,26). The van der Waals surface area contributed by atoms with E-state index in [4.69, 9.17) is 4.74 Å². The molecule has 1 amide bonds. The number of nitrogens with zero attached hydrogens (tertiary/aromatic N) is 3. The minimum absolute atomic E-state index is 0.195. The van der Waals surface area contributed by atoms with Gasteiger partial charge < -0.3 is 15.2 Å². The van der Waals surface area contributed by atoms with Gasteiger partial charge in [-0.3, -0.25) is 30.0 Å². The van der Waals surface area contributed by atoms with E-state index in [9.17, 15) is 30.1 Å². The highest BCUT2D eigenvalue weighted by Gasteiger charge is 2.23. The lowest BCUT2D eigenvalue weighted by Crippen LogP contribution is -2.10. The van der Waals surface area contributed by atoms with Crippen molar-refractivity contribution in [3.8, 4) is 17.2 Å². The lowest BCUT2D eigenvalue weighted by atomic mass is 10.1. The van der Waals surface area contributed by atoms with Crippen LogP contribution in [0, 0.1) is 20.2 Å². The molecule has 0 bridgehead atoms. The van der Waals surface area contributed by atoms with Gasteiger partial charge in [-0.05, 0) is 30.3 Å². The highest BCUT2D eigenvalue weighted by atomic mass is 16.6. The van der Waals surface area contributed by atoms with Crippen LogP contribution < -0.4 is 10.1 Å².